The van der Waals surface area contributed by atoms with Crippen molar-refractivity contribution in [1.29, 1.82) is 0 Å². The van der Waals surface area contributed by atoms with E-state index in [9.17, 15) is 14.4 Å². The second-order valence-corrected chi connectivity index (χ2v) is 6.88. The molecule has 24 heavy (non-hydrogen) atoms. The van der Waals surface area contributed by atoms with Crippen LogP contribution in [0.2, 0.25) is 0 Å². The summed E-state index contributed by atoms with van der Waals surface area (Å²) in [6.07, 6.45) is 1.31. The Morgan fingerprint density at radius 2 is 2.00 bits per heavy atom. The highest BCUT2D eigenvalue weighted by atomic mass is 32.1. The Morgan fingerprint density at radius 1 is 1.33 bits per heavy atom. The van der Waals surface area contributed by atoms with Crippen LogP contribution in [0.4, 0.5) is 0 Å². The number of esters is 2. The van der Waals surface area contributed by atoms with Gasteiger partial charge in [0.25, 0.3) is 5.56 Å². The molecule has 0 saturated carbocycles. The van der Waals surface area contributed by atoms with E-state index in [1.54, 1.807) is 13.8 Å². The van der Waals surface area contributed by atoms with E-state index in [1.807, 2.05) is 13.8 Å². The van der Waals surface area contributed by atoms with Gasteiger partial charge in [-0.05, 0) is 25.3 Å². The molecule has 2 aromatic heterocycles. The molecule has 0 unspecified atom stereocenters. The number of methoxy groups -OCH3 is 1. The van der Waals surface area contributed by atoms with Crippen LogP contribution in [0.5, 0.6) is 0 Å². The van der Waals surface area contributed by atoms with Crippen molar-refractivity contribution in [2.45, 2.75) is 33.7 Å². The summed E-state index contributed by atoms with van der Waals surface area (Å²) in [6.45, 7) is 7.40. The molecule has 0 amide bonds. The summed E-state index contributed by atoms with van der Waals surface area (Å²) in [7, 11) is 1.28. The molecule has 0 aromatic carbocycles. The average Bonchev–Trinajstić information content (AvgIpc) is 2.89. The molecule has 2 heterocycles. The van der Waals surface area contributed by atoms with Crippen molar-refractivity contribution in [3.8, 4) is 0 Å². The first-order valence-corrected chi connectivity index (χ1v) is 8.34. The molecule has 130 valence electrons. The van der Waals surface area contributed by atoms with E-state index in [-0.39, 0.29) is 18.1 Å². The van der Waals surface area contributed by atoms with Gasteiger partial charge >= 0.3 is 11.9 Å². The van der Waals surface area contributed by atoms with Crippen LogP contribution < -0.4 is 5.56 Å². The van der Waals surface area contributed by atoms with Gasteiger partial charge in [-0.25, -0.2) is 14.6 Å². The van der Waals surface area contributed by atoms with Crippen LogP contribution in [0.15, 0.2) is 11.1 Å². The third-order valence-electron chi connectivity index (χ3n) is 3.56. The zero-order valence-electron chi connectivity index (χ0n) is 14.3. The molecule has 0 aliphatic carbocycles. The number of carbonyl (C=O) groups excluding carboxylic acids is 2. The van der Waals surface area contributed by atoms with Gasteiger partial charge in [-0.2, -0.15) is 0 Å². The summed E-state index contributed by atoms with van der Waals surface area (Å²) < 4.78 is 11.1. The van der Waals surface area contributed by atoms with E-state index in [0.717, 1.165) is 11.3 Å². The maximum Gasteiger partial charge on any atom is 0.348 e. The predicted octanol–water partition coefficient (Wildman–Crippen LogP) is 2.31. The van der Waals surface area contributed by atoms with E-state index in [0.29, 0.717) is 20.7 Å². The fourth-order valence-corrected chi connectivity index (χ4v) is 3.24. The van der Waals surface area contributed by atoms with Crippen molar-refractivity contribution in [2.75, 3.05) is 13.7 Å². The van der Waals surface area contributed by atoms with Gasteiger partial charge in [0.15, 0.2) is 0 Å². The number of aryl methyl sites for hydroxylation is 1. The smallest absolute Gasteiger partial charge is 0.348 e. The lowest BCUT2D eigenvalue weighted by molar-refractivity contribution is -0.148. The van der Waals surface area contributed by atoms with Gasteiger partial charge in [0, 0.05) is 0 Å². The number of carbonyl (C=O) groups is 2. The Morgan fingerprint density at radius 3 is 2.58 bits per heavy atom. The first kappa shape index (κ1) is 18.1. The molecule has 0 spiro atoms. The number of ether oxygens (including phenoxy) is 2. The molecule has 0 radical (unpaired) electrons. The third-order valence-corrected chi connectivity index (χ3v) is 4.74. The fourth-order valence-electron chi connectivity index (χ4n) is 2.18. The molecule has 0 aliphatic heterocycles. The van der Waals surface area contributed by atoms with Crippen LogP contribution >= 0.6 is 11.3 Å². The molecule has 0 fully saturated rings. The van der Waals surface area contributed by atoms with Crippen molar-refractivity contribution >= 4 is 33.5 Å². The topological polar surface area (TPSA) is 87.5 Å². The maximum absolute atomic E-state index is 12.7. The first-order chi connectivity index (χ1) is 11.3. The molecule has 1 atom stereocenters. The number of hydrogen-bond donors (Lipinski definition) is 0. The van der Waals surface area contributed by atoms with Gasteiger partial charge in [-0.3, -0.25) is 9.36 Å². The summed E-state index contributed by atoms with van der Waals surface area (Å²) in [5.41, 5.74) is 0.134. The highest BCUT2D eigenvalue weighted by molar-refractivity contribution is 7.20. The minimum atomic E-state index is -0.797. The Kier molecular flexibility index (Phi) is 5.38. The van der Waals surface area contributed by atoms with E-state index < -0.39 is 18.0 Å². The molecule has 0 N–H and O–H groups in total. The van der Waals surface area contributed by atoms with Crippen molar-refractivity contribution in [3.63, 3.8) is 0 Å². The summed E-state index contributed by atoms with van der Waals surface area (Å²) in [6, 6.07) is -0.797. The molecule has 8 heteroatoms. The lowest BCUT2D eigenvalue weighted by Gasteiger charge is -2.15. The van der Waals surface area contributed by atoms with Crippen LogP contribution in [0, 0.1) is 12.8 Å². The molecule has 0 bridgehead atoms. The first-order valence-electron chi connectivity index (χ1n) is 7.53. The number of thiophene rings is 1. The number of fused-ring (bicyclic) bond motifs is 1. The highest BCUT2D eigenvalue weighted by Gasteiger charge is 2.23. The minimum Gasteiger partial charge on any atom is -0.465 e. The lowest BCUT2D eigenvalue weighted by atomic mass is 10.2. The standard InChI is InChI=1S/C16H20N2O5S/c1-8(2)6-23-15(20)10(4)18-7-17-13-11(14(18)19)9(3)12(24-13)16(21)22-5/h7-8,10H,6H2,1-5H3/t10-/m0/s1. The average molecular weight is 352 g/mol. The molecule has 0 aliphatic rings. The Labute approximate surface area is 143 Å². The van der Waals surface area contributed by atoms with Gasteiger partial charge in [0.05, 0.1) is 25.4 Å². The second kappa shape index (κ2) is 7.12. The van der Waals surface area contributed by atoms with Crippen molar-refractivity contribution < 1.29 is 19.1 Å². The predicted molar refractivity (Wildman–Crippen MR) is 90.5 cm³/mol. The van der Waals surface area contributed by atoms with E-state index >= 15 is 0 Å². The Hall–Kier alpha value is -2.22. The number of aromatic nitrogens is 2. The van der Waals surface area contributed by atoms with Gasteiger partial charge in [-0.1, -0.05) is 13.8 Å². The molecule has 7 nitrogen and oxygen atoms in total. The van der Waals surface area contributed by atoms with Gasteiger partial charge in [-0.15, -0.1) is 11.3 Å². The number of hydrogen-bond acceptors (Lipinski definition) is 7. The van der Waals surface area contributed by atoms with Crippen molar-refractivity contribution in [1.82, 2.24) is 9.55 Å². The minimum absolute atomic E-state index is 0.209. The largest absolute Gasteiger partial charge is 0.465 e. The quantitative estimate of drug-likeness (QED) is 0.768. The number of rotatable bonds is 5. The van der Waals surface area contributed by atoms with Crippen LogP contribution in [0.25, 0.3) is 10.2 Å². The highest BCUT2D eigenvalue weighted by Crippen LogP contribution is 2.27. The zero-order chi connectivity index (χ0) is 18.0. The van der Waals surface area contributed by atoms with Crippen molar-refractivity contribution in [2.24, 2.45) is 5.92 Å². The number of nitrogens with zero attached hydrogens (tertiary/aromatic N) is 2. The van der Waals surface area contributed by atoms with E-state index in [1.165, 1.54) is 18.0 Å². The van der Waals surface area contributed by atoms with Crippen LogP contribution in [-0.4, -0.2) is 35.2 Å². The molecular weight excluding hydrogens is 332 g/mol. The third kappa shape index (κ3) is 3.33. The normalized spacial score (nSPS) is 12.4. The summed E-state index contributed by atoms with van der Waals surface area (Å²) >= 11 is 1.10. The Bertz CT molecular complexity index is 837. The van der Waals surface area contributed by atoms with Gasteiger partial charge in [0.1, 0.15) is 15.7 Å². The monoisotopic (exact) mass is 352 g/mol. The van der Waals surface area contributed by atoms with Crippen LogP contribution in [-0.2, 0) is 14.3 Å². The molecule has 2 aromatic rings. The maximum atomic E-state index is 12.7. The van der Waals surface area contributed by atoms with E-state index in [4.69, 9.17) is 9.47 Å². The second-order valence-electron chi connectivity index (χ2n) is 5.88. The molecular formula is C16H20N2O5S. The molecule has 2 rings (SSSR count). The summed E-state index contributed by atoms with van der Waals surface area (Å²) in [4.78, 5) is 41.6. The summed E-state index contributed by atoms with van der Waals surface area (Å²) in [5.74, 6) is -0.793. The Balaban J connectivity index is 2.44. The van der Waals surface area contributed by atoms with Crippen LogP contribution in [0.3, 0.4) is 0 Å². The van der Waals surface area contributed by atoms with Gasteiger partial charge < -0.3 is 9.47 Å². The van der Waals surface area contributed by atoms with Crippen molar-refractivity contribution in [3.05, 3.63) is 27.1 Å². The van der Waals surface area contributed by atoms with Crippen LogP contribution in [0.1, 0.15) is 42.0 Å². The fraction of sp³-hybridized carbons (Fsp3) is 0.500. The van der Waals surface area contributed by atoms with E-state index in [2.05, 4.69) is 4.98 Å². The SMILES string of the molecule is COC(=O)c1sc2ncn([C@@H](C)C(=O)OCC(C)C)c(=O)c2c1C. The van der Waals surface area contributed by atoms with Gasteiger partial charge in [0.2, 0.25) is 0 Å². The summed E-state index contributed by atoms with van der Waals surface area (Å²) in [5, 5.41) is 0.325. The lowest BCUT2D eigenvalue weighted by Crippen LogP contribution is -2.30. The zero-order valence-corrected chi connectivity index (χ0v) is 15.1. The molecule has 0 saturated heterocycles.